The summed E-state index contributed by atoms with van der Waals surface area (Å²) in [5, 5.41) is 8.56. The van der Waals surface area contributed by atoms with Crippen LogP contribution in [0.3, 0.4) is 0 Å². The highest BCUT2D eigenvalue weighted by Gasteiger charge is 2.31. The maximum Gasteiger partial charge on any atom is 0.131 e. The molecule has 1 aliphatic rings. The molecule has 0 amide bonds. The molecule has 0 unspecified atom stereocenters. The van der Waals surface area contributed by atoms with Crippen LogP contribution in [0, 0.1) is 12.3 Å². The molecule has 90 valence electrons. The molecule has 0 spiro atoms. The minimum Gasteiger partial charge on any atom is -0.312 e. The van der Waals surface area contributed by atoms with Gasteiger partial charge in [-0.1, -0.05) is 24.9 Å². The van der Waals surface area contributed by atoms with E-state index in [-0.39, 0.29) is 0 Å². The van der Waals surface area contributed by atoms with E-state index < -0.39 is 0 Å². The number of aromatic nitrogens is 2. The fourth-order valence-corrected chi connectivity index (χ4v) is 2.56. The molecule has 0 atom stereocenters. The molecule has 1 saturated carbocycles. The molecule has 16 heavy (non-hydrogen) atoms. The van der Waals surface area contributed by atoms with Crippen LogP contribution in [0.1, 0.15) is 37.4 Å². The van der Waals surface area contributed by atoms with Gasteiger partial charge in [0.15, 0.2) is 0 Å². The Morgan fingerprint density at radius 1 is 1.50 bits per heavy atom. The van der Waals surface area contributed by atoms with Crippen molar-refractivity contribution in [2.45, 2.75) is 39.7 Å². The Morgan fingerprint density at radius 2 is 2.19 bits per heavy atom. The molecule has 1 N–H and O–H groups in total. The van der Waals surface area contributed by atoms with Crippen molar-refractivity contribution in [2.24, 2.45) is 12.5 Å². The predicted molar refractivity (Wildman–Crippen MR) is 66.6 cm³/mol. The van der Waals surface area contributed by atoms with Gasteiger partial charge in [0.2, 0.25) is 0 Å². The Labute approximate surface area is 102 Å². The summed E-state index contributed by atoms with van der Waals surface area (Å²) >= 11 is 6.17. The molecule has 1 fully saturated rings. The van der Waals surface area contributed by atoms with E-state index in [1.807, 2.05) is 14.0 Å². The number of aryl methyl sites for hydroxylation is 2. The summed E-state index contributed by atoms with van der Waals surface area (Å²) in [5.74, 6) is 0. The summed E-state index contributed by atoms with van der Waals surface area (Å²) < 4.78 is 1.74. The number of hydrogen-bond donors (Lipinski definition) is 1. The van der Waals surface area contributed by atoms with Crippen molar-refractivity contribution in [1.29, 1.82) is 0 Å². The third-order valence-corrected chi connectivity index (χ3v) is 4.16. The second kappa shape index (κ2) is 4.38. The van der Waals surface area contributed by atoms with Crippen LogP contribution in [0.25, 0.3) is 0 Å². The van der Waals surface area contributed by atoms with Crippen LogP contribution in [-0.2, 0) is 13.6 Å². The van der Waals surface area contributed by atoms with Gasteiger partial charge in [0, 0.05) is 25.7 Å². The average Bonchev–Trinajstić information content (AvgIpc) is 2.42. The van der Waals surface area contributed by atoms with Crippen LogP contribution in [0.2, 0.25) is 5.15 Å². The van der Waals surface area contributed by atoms with Gasteiger partial charge >= 0.3 is 0 Å². The molecule has 2 rings (SSSR count). The Balaban J connectivity index is 1.89. The first-order valence-corrected chi connectivity index (χ1v) is 6.28. The zero-order chi connectivity index (χ0) is 11.8. The molecule has 4 heteroatoms. The summed E-state index contributed by atoms with van der Waals surface area (Å²) in [6.07, 6.45) is 4.07. The van der Waals surface area contributed by atoms with E-state index >= 15 is 0 Å². The average molecular weight is 242 g/mol. The van der Waals surface area contributed by atoms with Gasteiger partial charge in [0.1, 0.15) is 5.15 Å². The monoisotopic (exact) mass is 241 g/mol. The van der Waals surface area contributed by atoms with Crippen LogP contribution in [-0.4, -0.2) is 16.3 Å². The van der Waals surface area contributed by atoms with Gasteiger partial charge in [-0.15, -0.1) is 0 Å². The standard InChI is InChI=1S/C12H20ClN3/c1-9-10(11(13)16(3)15-9)7-14-8-12(2)5-4-6-12/h14H,4-8H2,1-3H3. The van der Waals surface area contributed by atoms with Crippen LogP contribution >= 0.6 is 11.6 Å². The molecule has 3 nitrogen and oxygen atoms in total. The minimum absolute atomic E-state index is 0.516. The maximum atomic E-state index is 6.17. The first kappa shape index (κ1) is 11.9. The fraction of sp³-hybridized carbons (Fsp3) is 0.750. The van der Waals surface area contributed by atoms with Crippen molar-refractivity contribution in [3.63, 3.8) is 0 Å². The van der Waals surface area contributed by atoms with Gasteiger partial charge < -0.3 is 5.32 Å². The zero-order valence-electron chi connectivity index (χ0n) is 10.3. The highest BCUT2D eigenvalue weighted by Crippen LogP contribution is 2.39. The lowest BCUT2D eigenvalue weighted by Crippen LogP contribution is -2.37. The molecule has 1 aromatic rings. The minimum atomic E-state index is 0.516. The largest absolute Gasteiger partial charge is 0.312 e. The van der Waals surface area contributed by atoms with Gasteiger partial charge in [-0.3, -0.25) is 4.68 Å². The summed E-state index contributed by atoms with van der Waals surface area (Å²) in [5.41, 5.74) is 2.67. The third-order valence-electron chi connectivity index (χ3n) is 3.68. The van der Waals surface area contributed by atoms with Crippen molar-refractivity contribution in [3.05, 3.63) is 16.4 Å². The highest BCUT2D eigenvalue weighted by atomic mass is 35.5. The zero-order valence-corrected chi connectivity index (χ0v) is 11.1. The molecule has 1 aliphatic carbocycles. The number of halogens is 1. The highest BCUT2D eigenvalue weighted by molar-refractivity contribution is 6.30. The summed E-state index contributed by atoms with van der Waals surface area (Å²) in [6.45, 7) is 6.26. The quantitative estimate of drug-likeness (QED) is 0.879. The first-order valence-electron chi connectivity index (χ1n) is 5.90. The van der Waals surface area contributed by atoms with Crippen molar-refractivity contribution in [2.75, 3.05) is 6.54 Å². The van der Waals surface area contributed by atoms with E-state index in [2.05, 4.69) is 17.3 Å². The molecule has 1 aromatic heterocycles. The third kappa shape index (κ3) is 2.25. The Hall–Kier alpha value is -0.540. The summed E-state index contributed by atoms with van der Waals surface area (Å²) in [6, 6.07) is 0. The lowest BCUT2D eigenvalue weighted by molar-refractivity contribution is 0.156. The van der Waals surface area contributed by atoms with E-state index in [1.165, 1.54) is 19.3 Å². The Bertz CT molecular complexity index is 380. The number of hydrogen-bond acceptors (Lipinski definition) is 2. The lowest BCUT2D eigenvalue weighted by atomic mass is 9.70. The number of rotatable bonds is 4. The lowest BCUT2D eigenvalue weighted by Gasteiger charge is -2.38. The van der Waals surface area contributed by atoms with Crippen molar-refractivity contribution in [1.82, 2.24) is 15.1 Å². The van der Waals surface area contributed by atoms with E-state index in [4.69, 9.17) is 11.6 Å². The second-order valence-electron chi connectivity index (χ2n) is 5.25. The normalized spacial score (nSPS) is 18.5. The molecule has 1 heterocycles. The predicted octanol–water partition coefficient (Wildman–Crippen LogP) is 2.66. The molecule has 0 aromatic carbocycles. The van der Waals surface area contributed by atoms with Gasteiger partial charge in [0.25, 0.3) is 0 Å². The number of nitrogens with zero attached hydrogens (tertiary/aromatic N) is 2. The van der Waals surface area contributed by atoms with E-state index in [1.54, 1.807) is 4.68 Å². The van der Waals surface area contributed by atoms with Gasteiger partial charge in [0.05, 0.1) is 5.69 Å². The van der Waals surface area contributed by atoms with Crippen LogP contribution in [0.4, 0.5) is 0 Å². The smallest absolute Gasteiger partial charge is 0.131 e. The number of nitrogens with one attached hydrogen (secondary N) is 1. The first-order chi connectivity index (χ1) is 7.52. The van der Waals surface area contributed by atoms with Crippen molar-refractivity contribution in [3.8, 4) is 0 Å². The topological polar surface area (TPSA) is 29.9 Å². The van der Waals surface area contributed by atoms with Crippen LogP contribution < -0.4 is 5.32 Å². The Kier molecular flexibility index (Phi) is 3.27. The molecular formula is C12H20ClN3. The molecule has 0 radical (unpaired) electrons. The summed E-state index contributed by atoms with van der Waals surface area (Å²) in [4.78, 5) is 0. The van der Waals surface area contributed by atoms with Crippen LogP contribution in [0.5, 0.6) is 0 Å². The van der Waals surface area contributed by atoms with E-state index in [0.717, 1.165) is 29.5 Å². The van der Waals surface area contributed by atoms with Crippen molar-refractivity contribution < 1.29 is 0 Å². The second-order valence-corrected chi connectivity index (χ2v) is 5.60. The van der Waals surface area contributed by atoms with E-state index in [9.17, 15) is 0 Å². The van der Waals surface area contributed by atoms with Crippen molar-refractivity contribution >= 4 is 11.6 Å². The molecular weight excluding hydrogens is 222 g/mol. The SMILES string of the molecule is Cc1nn(C)c(Cl)c1CNCC1(C)CCC1. The van der Waals surface area contributed by atoms with Gasteiger partial charge in [-0.05, 0) is 25.2 Å². The summed E-state index contributed by atoms with van der Waals surface area (Å²) in [7, 11) is 1.88. The Morgan fingerprint density at radius 3 is 2.62 bits per heavy atom. The molecule has 0 saturated heterocycles. The maximum absolute atomic E-state index is 6.17. The van der Waals surface area contributed by atoms with Gasteiger partial charge in [-0.25, -0.2) is 0 Å². The van der Waals surface area contributed by atoms with Crippen LogP contribution in [0.15, 0.2) is 0 Å². The molecule has 0 bridgehead atoms. The van der Waals surface area contributed by atoms with Gasteiger partial charge in [-0.2, -0.15) is 5.10 Å². The molecule has 0 aliphatic heterocycles. The van der Waals surface area contributed by atoms with E-state index in [0.29, 0.717) is 5.41 Å². The fourth-order valence-electron chi connectivity index (χ4n) is 2.32.